The number of hydrogen-bond acceptors (Lipinski definition) is 4. The van der Waals surface area contributed by atoms with E-state index in [1.54, 1.807) is 18.2 Å². The van der Waals surface area contributed by atoms with Gasteiger partial charge in [0, 0.05) is 24.9 Å². The van der Waals surface area contributed by atoms with Gasteiger partial charge in [-0.25, -0.2) is 4.39 Å². The van der Waals surface area contributed by atoms with E-state index in [-0.39, 0.29) is 23.5 Å². The fourth-order valence-electron chi connectivity index (χ4n) is 3.79. The Balaban J connectivity index is 1.51. The second-order valence-corrected chi connectivity index (χ2v) is 6.68. The van der Waals surface area contributed by atoms with Crippen molar-refractivity contribution in [3.8, 4) is 11.5 Å². The molecule has 1 amide bonds. The van der Waals surface area contributed by atoms with Gasteiger partial charge in [0.15, 0.2) is 5.82 Å². The van der Waals surface area contributed by atoms with Crippen molar-refractivity contribution in [2.45, 2.75) is 50.5 Å². The van der Waals surface area contributed by atoms with Crippen LogP contribution in [0.3, 0.4) is 0 Å². The van der Waals surface area contributed by atoms with Gasteiger partial charge in [0.2, 0.25) is 5.91 Å². The molecule has 1 saturated carbocycles. The van der Waals surface area contributed by atoms with Gasteiger partial charge in [-0.1, -0.05) is 36.6 Å². The lowest BCUT2D eigenvalue weighted by Crippen LogP contribution is -2.37. The van der Waals surface area contributed by atoms with Gasteiger partial charge in [-0.3, -0.25) is 4.79 Å². The van der Waals surface area contributed by atoms with Crippen molar-refractivity contribution in [2.75, 3.05) is 6.54 Å². The predicted octanol–water partition coefficient (Wildman–Crippen LogP) is 3.52. The molecule has 24 heavy (non-hydrogen) atoms. The zero-order valence-corrected chi connectivity index (χ0v) is 13.4. The molecule has 1 aliphatic carbocycles. The molecule has 126 valence electrons. The lowest BCUT2D eigenvalue weighted by Gasteiger charge is -2.31. The highest BCUT2D eigenvalue weighted by Crippen LogP contribution is 2.33. The number of hydrogen-bond donors (Lipinski definition) is 0. The van der Waals surface area contributed by atoms with Crippen molar-refractivity contribution in [1.29, 1.82) is 0 Å². The van der Waals surface area contributed by atoms with Crippen molar-refractivity contribution in [1.82, 2.24) is 15.0 Å². The fraction of sp³-hybridized carbons (Fsp3) is 0.500. The molecule has 6 heteroatoms. The van der Waals surface area contributed by atoms with Crippen LogP contribution >= 0.6 is 0 Å². The summed E-state index contributed by atoms with van der Waals surface area (Å²) < 4.78 is 19.1. The van der Waals surface area contributed by atoms with E-state index in [1.165, 1.54) is 25.3 Å². The monoisotopic (exact) mass is 329 g/mol. The van der Waals surface area contributed by atoms with Crippen LogP contribution in [0.15, 0.2) is 28.8 Å². The van der Waals surface area contributed by atoms with Crippen LogP contribution < -0.4 is 0 Å². The van der Waals surface area contributed by atoms with Crippen LogP contribution in [0.2, 0.25) is 0 Å². The van der Waals surface area contributed by atoms with Gasteiger partial charge in [0.1, 0.15) is 5.82 Å². The zero-order chi connectivity index (χ0) is 16.5. The molecule has 1 atom stereocenters. The minimum Gasteiger partial charge on any atom is -0.339 e. The van der Waals surface area contributed by atoms with E-state index >= 15 is 0 Å². The van der Waals surface area contributed by atoms with Gasteiger partial charge in [0.05, 0.1) is 5.56 Å². The Morgan fingerprint density at radius 3 is 2.75 bits per heavy atom. The summed E-state index contributed by atoms with van der Waals surface area (Å²) in [6.07, 6.45) is 6.24. The van der Waals surface area contributed by atoms with Gasteiger partial charge in [-0.15, -0.1) is 0 Å². The maximum Gasteiger partial charge on any atom is 0.260 e. The summed E-state index contributed by atoms with van der Waals surface area (Å²) in [4.78, 5) is 18.7. The van der Waals surface area contributed by atoms with E-state index in [1.807, 2.05) is 4.90 Å². The van der Waals surface area contributed by atoms with Gasteiger partial charge < -0.3 is 9.42 Å². The summed E-state index contributed by atoms with van der Waals surface area (Å²) >= 11 is 0. The number of likely N-dealkylation sites (tertiary alicyclic amines) is 1. The maximum atomic E-state index is 13.8. The molecule has 1 saturated heterocycles. The molecule has 4 rings (SSSR count). The van der Waals surface area contributed by atoms with E-state index in [2.05, 4.69) is 10.1 Å². The number of rotatable bonds is 3. The van der Waals surface area contributed by atoms with Crippen LogP contribution in [0.4, 0.5) is 4.39 Å². The first kappa shape index (κ1) is 15.3. The Morgan fingerprint density at radius 2 is 1.96 bits per heavy atom. The third-order valence-corrected chi connectivity index (χ3v) is 5.09. The Labute approximate surface area is 139 Å². The number of aromatic nitrogens is 2. The Hall–Kier alpha value is -2.24. The summed E-state index contributed by atoms with van der Waals surface area (Å²) in [5, 5.41) is 4.00. The molecule has 2 fully saturated rings. The standard InChI is InChI=1S/C18H20FN3O2/c19-15-9-5-4-8-14(15)18-20-17(21-24-18)12-10-16(23)22(11-12)13-6-2-1-3-7-13/h4-5,8-9,12-13H,1-3,6-7,10-11H2. The van der Waals surface area contributed by atoms with Crippen molar-refractivity contribution in [3.05, 3.63) is 35.9 Å². The molecule has 0 bridgehead atoms. The summed E-state index contributed by atoms with van der Waals surface area (Å²) in [5.41, 5.74) is 0.296. The number of amides is 1. The average molecular weight is 329 g/mol. The highest BCUT2D eigenvalue weighted by atomic mass is 19.1. The third-order valence-electron chi connectivity index (χ3n) is 5.09. The first-order valence-electron chi connectivity index (χ1n) is 8.60. The molecule has 2 aliphatic rings. The smallest absolute Gasteiger partial charge is 0.260 e. The second-order valence-electron chi connectivity index (χ2n) is 6.68. The van der Waals surface area contributed by atoms with E-state index < -0.39 is 0 Å². The van der Waals surface area contributed by atoms with Crippen molar-refractivity contribution < 1.29 is 13.7 Å². The Kier molecular flexibility index (Phi) is 4.04. The largest absolute Gasteiger partial charge is 0.339 e. The van der Waals surface area contributed by atoms with Gasteiger partial charge >= 0.3 is 0 Å². The fourth-order valence-corrected chi connectivity index (χ4v) is 3.79. The van der Waals surface area contributed by atoms with Crippen LogP contribution in [0.1, 0.15) is 50.3 Å². The molecule has 1 aromatic heterocycles. The Morgan fingerprint density at radius 1 is 1.17 bits per heavy atom. The van der Waals surface area contributed by atoms with Crippen LogP contribution in [-0.2, 0) is 4.79 Å². The number of nitrogens with zero attached hydrogens (tertiary/aromatic N) is 3. The summed E-state index contributed by atoms with van der Waals surface area (Å²) in [6.45, 7) is 0.639. The molecule has 0 radical (unpaired) electrons. The number of carbonyl (C=O) groups is 1. The number of benzene rings is 1. The predicted molar refractivity (Wildman–Crippen MR) is 85.6 cm³/mol. The highest BCUT2D eigenvalue weighted by Gasteiger charge is 2.37. The molecule has 5 nitrogen and oxygen atoms in total. The molecule has 2 aromatic rings. The summed E-state index contributed by atoms with van der Waals surface area (Å²) in [7, 11) is 0. The SMILES string of the molecule is O=C1CC(c2noc(-c3ccccc3F)n2)CN1C1CCCCC1. The first-order valence-corrected chi connectivity index (χ1v) is 8.60. The topological polar surface area (TPSA) is 59.2 Å². The minimum atomic E-state index is -0.390. The minimum absolute atomic E-state index is 0.0660. The maximum absolute atomic E-state index is 13.8. The van der Waals surface area contributed by atoms with Gasteiger partial charge in [-0.2, -0.15) is 4.98 Å². The zero-order valence-electron chi connectivity index (χ0n) is 13.4. The Bertz CT molecular complexity index is 739. The third kappa shape index (κ3) is 2.81. The lowest BCUT2D eigenvalue weighted by molar-refractivity contribution is -0.130. The normalized spacial score (nSPS) is 22.3. The van der Waals surface area contributed by atoms with Crippen molar-refractivity contribution >= 4 is 5.91 Å². The van der Waals surface area contributed by atoms with E-state index in [0.29, 0.717) is 30.4 Å². The molecule has 0 spiro atoms. The molecule has 1 aliphatic heterocycles. The van der Waals surface area contributed by atoms with Crippen molar-refractivity contribution in [3.63, 3.8) is 0 Å². The van der Waals surface area contributed by atoms with Gasteiger partial charge in [-0.05, 0) is 25.0 Å². The molecule has 1 aromatic carbocycles. The number of carbonyl (C=O) groups excluding carboxylic acids is 1. The molecular weight excluding hydrogens is 309 g/mol. The van der Waals surface area contributed by atoms with Crippen LogP contribution in [0.25, 0.3) is 11.5 Å². The molecule has 1 unspecified atom stereocenters. The highest BCUT2D eigenvalue weighted by molar-refractivity contribution is 5.80. The molecule has 0 N–H and O–H groups in total. The first-order chi connectivity index (χ1) is 11.7. The summed E-state index contributed by atoms with van der Waals surface area (Å²) in [5.74, 6) is 0.387. The van der Waals surface area contributed by atoms with E-state index in [9.17, 15) is 9.18 Å². The van der Waals surface area contributed by atoms with E-state index in [0.717, 1.165) is 12.8 Å². The molecule has 2 heterocycles. The van der Waals surface area contributed by atoms with Crippen LogP contribution in [0, 0.1) is 5.82 Å². The van der Waals surface area contributed by atoms with Crippen LogP contribution in [-0.4, -0.2) is 33.5 Å². The lowest BCUT2D eigenvalue weighted by atomic mass is 9.94. The number of halogens is 1. The quantitative estimate of drug-likeness (QED) is 0.864. The van der Waals surface area contributed by atoms with E-state index in [4.69, 9.17) is 4.52 Å². The molecular formula is C18H20FN3O2. The average Bonchev–Trinajstić information content (AvgIpc) is 3.23. The van der Waals surface area contributed by atoms with Crippen LogP contribution in [0.5, 0.6) is 0 Å². The second kappa shape index (κ2) is 6.34. The van der Waals surface area contributed by atoms with Crippen molar-refractivity contribution in [2.24, 2.45) is 0 Å². The summed E-state index contributed by atoms with van der Waals surface area (Å²) in [6, 6.07) is 6.68. The van der Waals surface area contributed by atoms with Gasteiger partial charge in [0.25, 0.3) is 5.89 Å².